The molecule has 1 rings (SSSR count). The summed E-state index contributed by atoms with van der Waals surface area (Å²) in [6.45, 7) is 0. The number of carbonyl (C=O) groups is 1. The number of carboxylic acid groups (broad SMARTS) is 1. The van der Waals surface area contributed by atoms with Crippen molar-refractivity contribution in [3.05, 3.63) is 29.3 Å². The molecule has 0 aliphatic rings. The lowest BCUT2D eigenvalue weighted by atomic mass is 10.4. The first-order valence-corrected chi connectivity index (χ1v) is 4.94. The minimum atomic E-state index is -0.996. The van der Waals surface area contributed by atoms with Crippen LogP contribution in [0.1, 0.15) is 10.5 Å². The maximum atomic E-state index is 10.4. The molecule has 0 saturated heterocycles. The van der Waals surface area contributed by atoms with Crippen molar-refractivity contribution in [2.75, 3.05) is 0 Å². The minimum Gasteiger partial charge on any atom is -0.476 e. The molecule has 0 radical (unpaired) electrons. The Hall–Kier alpha value is -0.940. The van der Waals surface area contributed by atoms with Crippen LogP contribution >= 0.6 is 20.9 Å². The molecule has 5 heteroatoms. The lowest BCUT2D eigenvalue weighted by molar-refractivity contribution is 0.0691. The Balaban J connectivity index is 3.12. The number of hydrogen-bond acceptors (Lipinski definition) is 4. The van der Waals surface area contributed by atoms with Crippen LogP contribution in [-0.4, -0.2) is 15.4 Å². The quantitative estimate of drug-likeness (QED) is 0.684. The summed E-state index contributed by atoms with van der Waals surface area (Å²) in [4.78, 5) is 10.4. The van der Waals surface area contributed by atoms with Gasteiger partial charge in [-0.05, 0) is 6.07 Å². The minimum absolute atomic E-state index is 0.0758. The van der Waals surface area contributed by atoms with Crippen LogP contribution in [0.4, 0.5) is 0 Å². The van der Waals surface area contributed by atoms with Gasteiger partial charge in [-0.15, -0.1) is 0 Å². The van der Waals surface area contributed by atoms with Gasteiger partial charge >= 0.3 is 5.97 Å². The van der Waals surface area contributed by atoms with Crippen LogP contribution in [0, 0.1) is 0 Å². The van der Waals surface area contributed by atoms with E-state index in [1.807, 2.05) is 5.38 Å². The van der Waals surface area contributed by atoms with Gasteiger partial charge in [0.15, 0.2) is 5.69 Å². The van der Waals surface area contributed by atoms with Crippen LogP contribution in [0.3, 0.4) is 0 Å². The summed E-state index contributed by atoms with van der Waals surface area (Å²) in [6.07, 6.45) is 0. The Labute approximate surface area is 70.8 Å². The smallest absolute Gasteiger partial charge is 0.355 e. The fraction of sp³-hybridized carbons (Fsp3) is 0. The summed E-state index contributed by atoms with van der Waals surface area (Å²) in [5.41, 5.74) is 0.0758. The fourth-order valence-electron chi connectivity index (χ4n) is 0.451. The maximum absolute atomic E-state index is 10.4. The summed E-state index contributed by atoms with van der Waals surface area (Å²) in [5, 5.41) is 10.4. The molecule has 0 bridgehead atoms. The van der Waals surface area contributed by atoms with Crippen molar-refractivity contribution in [3.63, 3.8) is 0 Å². The average Bonchev–Trinajstić information content (AvgIpc) is 1.84. The van der Waals surface area contributed by atoms with E-state index in [4.69, 9.17) is 5.11 Å². The van der Waals surface area contributed by atoms with Gasteiger partial charge in [-0.3, -0.25) is 0 Å². The van der Waals surface area contributed by atoms with Gasteiger partial charge in [-0.1, -0.05) is 22.5 Å². The first-order valence-electron chi connectivity index (χ1n) is 2.77. The summed E-state index contributed by atoms with van der Waals surface area (Å²) >= 11 is 0. The molecular formula is C6H5NO2S2. The third-order valence-corrected chi connectivity index (χ3v) is 2.34. The second-order valence-electron chi connectivity index (χ2n) is 1.64. The van der Waals surface area contributed by atoms with E-state index in [-0.39, 0.29) is 5.69 Å². The molecule has 1 N–H and O–H groups in total. The third-order valence-electron chi connectivity index (χ3n) is 0.897. The summed E-state index contributed by atoms with van der Waals surface area (Å²) in [7, 11) is 2.54. The Kier molecular flexibility index (Phi) is 3.00. The Morgan fingerprint density at radius 3 is 3.09 bits per heavy atom. The lowest BCUT2D eigenvalue weighted by Gasteiger charge is -1.84. The Morgan fingerprint density at radius 2 is 2.36 bits per heavy atom. The van der Waals surface area contributed by atoms with Crippen LogP contribution in [0.15, 0.2) is 23.6 Å². The lowest BCUT2D eigenvalue weighted by Crippen LogP contribution is -1.95. The number of aromatic carboxylic acids is 1. The molecule has 0 fully saturated rings. The maximum Gasteiger partial charge on any atom is 0.355 e. The van der Waals surface area contributed by atoms with E-state index >= 15 is 0 Å². The fourth-order valence-corrected chi connectivity index (χ4v) is 1.63. The standard InChI is InChI=1S/C6H5NO2S2/c8-6(9)5-3-1-2-4-10-11-7-5/h1-4H,(H,8,9). The van der Waals surface area contributed by atoms with Gasteiger partial charge in [-0.25, -0.2) is 4.79 Å². The van der Waals surface area contributed by atoms with E-state index < -0.39 is 5.97 Å². The first kappa shape index (κ1) is 8.16. The molecule has 11 heavy (non-hydrogen) atoms. The highest BCUT2D eigenvalue weighted by Gasteiger charge is 1.99. The molecular weight excluding hydrogens is 182 g/mol. The zero-order valence-electron chi connectivity index (χ0n) is 5.43. The molecule has 1 heterocycles. The van der Waals surface area contributed by atoms with Crippen molar-refractivity contribution < 1.29 is 9.90 Å². The summed E-state index contributed by atoms with van der Waals surface area (Å²) in [6, 6.07) is 4.89. The van der Waals surface area contributed by atoms with Gasteiger partial charge in [0.25, 0.3) is 0 Å². The van der Waals surface area contributed by atoms with Gasteiger partial charge in [0.2, 0.25) is 0 Å². The van der Waals surface area contributed by atoms with E-state index in [0.29, 0.717) is 0 Å². The molecule has 0 unspecified atom stereocenters. The largest absolute Gasteiger partial charge is 0.476 e. The highest BCUT2D eigenvalue weighted by atomic mass is 32.9. The second-order valence-corrected chi connectivity index (χ2v) is 3.46. The van der Waals surface area contributed by atoms with Gasteiger partial charge in [0.1, 0.15) is 0 Å². The summed E-state index contributed by atoms with van der Waals surface area (Å²) < 4.78 is 3.74. The van der Waals surface area contributed by atoms with Crippen molar-refractivity contribution in [1.82, 2.24) is 4.37 Å². The third kappa shape index (κ3) is 2.65. The normalized spacial score (nSPS) is 8.73. The van der Waals surface area contributed by atoms with Crippen LogP contribution < -0.4 is 0 Å². The monoisotopic (exact) mass is 187 g/mol. The summed E-state index contributed by atoms with van der Waals surface area (Å²) in [5.74, 6) is -0.996. The number of rotatable bonds is 1. The molecule has 1 aromatic heterocycles. The molecule has 3 nitrogen and oxygen atoms in total. The topological polar surface area (TPSA) is 50.2 Å². The van der Waals surface area contributed by atoms with E-state index in [0.717, 1.165) is 10.5 Å². The molecule has 0 aliphatic heterocycles. The Bertz CT molecular complexity index is 271. The van der Waals surface area contributed by atoms with Crippen LogP contribution in [-0.2, 0) is 0 Å². The highest BCUT2D eigenvalue weighted by Crippen LogP contribution is 1.99. The number of hydrogen-bond donors (Lipinski definition) is 1. The number of nitrogens with zero attached hydrogens (tertiary/aromatic N) is 1. The molecule has 1 aromatic rings. The van der Waals surface area contributed by atoms with Crippen molar-refractivity contribution in [2.45, 2.75) is 0 Å². The first-order chi connectivity index (χ1) is 5.30. The molecule has 0 aliphatic carbocycles. The van der Waals surface area contributed by atoms with Crippen molar-refractivity contribution in [3.8, 4) is 0 Å². The molecule has 58 valence electrons. The van der Waals surface area contributed by atoms with Crippen molar-refractivity contribution in [2.24, 2.45) is 0 Å². The molecule has 0 aromatic carbocycles. The number of carboxylic acids is 1. The average molecular weight is 187 g/mol. The van der Waals surface area contributed by atoms with Crippen LogP contribution in [0.5, 0.6) is 0 Å². The second kappa shape index (κ2) is 4.05. The van der Waals surface area contributed by atoms with Crippen molar-refractivity contribution in [1.29, 1.82) is 0 Å². The Morgan fingerprint density at radius 1 is 1.55 bits per heavy atom. The molecule has 0 spiro atoms. The van der Waals surface area contributed by atoms with Crippen LogP contribution in [0.2, 0.25) is 0 Å². The predicted octanol–water partition coefficient (Wildman–Crippen LogP) is 2.03. The van der Waals surface area contributed by atoms with Gasteiger partial charge in [0, 0.05) is 15.9 Å². The van der Waals surface area contributed by atoms with Crippen LogP contribution in [0.25, 0.3) is 0 Å². The SMILES string of the molecule is O=C(O)c1ccccssn1. The highest BCUT2D eigenvalue weighted by molar-refractivity contribution is 7.65. The van der Waals surface area contributed by atoms with Gasteiger partial charge in [-0.2, -0.15) is 4.37 Å². The van der Waals surface area contributed by atoms with Gasteiger partial charge in [0.05, 0.1) is 0 Å². The van der Waals surface area contributed by atoms with Gasteiger partial charge < -0.3 is 5.11 Å². The zero-order chi connectivity index (χ0) is 8.10. The zero-order valence-corrected chi connectivity index (χ0v) is 7.06. The predicted molar refractivity (Wildman–Crippen MR) is 44.6 cm³/mol. The molecule has 0 atom stereocenters. The number of aromatic nitrogens is 1. The van der Waals surface area contributed by atoms with Crippen molar-refractivity contribution >= 4 is 26.8 Å². The van der Waals surface area contributed by atoms with E-state index in [2.05, 4.69) is 4.37 Å². The molecule has 0 amide bonds. The molecule has 0 saturated carbocycles. The van der Waals surface area contributed by atoms with E-state index in [9.17, 15) is 4.79 Å². The van der Waals surface area contributed by atoms with E-state index in [1.54, 1.807) is 12.1 Å². The van der Waals surface area contributed by atoms with E-state index in [1.165, 1.54) is 16.4 Å².